The molecular formula is C37H48N22O13. The van der Waals surface area contributed by atoms with Gasteiger partial charge in [0.05, 0.1) is 21.6 Å². The molecule has 0 heterocycles. The fourth-order valence-corrected chi connectivity index (χ4v) is 5.76. The van der Waals surface area contributed by atoms with Crippen LogP contribution in [0.3, 0.4) is 0 Å². The quantitative estimate of drug-likeness (QED) is 0.00937. The van der Waals surface area contributed by atoms with E-state index in [9.17, 15) is 54.1 Å². The summed E-state index contributed by atoms with van der Waals surface area (Å²) in [5.41, 5.74) is 49.5. The van der Waals surface area contributed by atoms with Gasteiger partial charge in [0.15, 0.2) is 23.8 Å². The Balaban J connectivity index is 2.01. The predicted molar refractivity (Wildman–Crippen MR) is 253 cm³/mol. The highest BCUT2D eigenvalue weighted by molar-refractivity contribution is 5.99. The smallest absolute Gasteiger partial charge is 0.299 e. The summed E-state index contributed by atoms with van der Waals surface area (Å²) >= 11 is 0. The fraction of sp³-hybridized carbons (Fsp3) is 0.189. The molecule has 0 radical (unpaired) electrons. The van der Waals surface area contributed by atoms with Crippen LogP contribution in [0.4, 0.5) is 22.7 Å². The van der Waals surface area contributed by atoms with Gasteiger partial charge >= 0.3 is 0 Å². The first-order valence-corrected chi connectivity index (χ1v) is 19.8. The molecule has 0 aliphatic carbocycles. The first-order valence-electron chi connectivity index (χ1n) is 19.8. The number of guanidine groups is 4. The van der Waals surface area contributed by atoms with Crippen LogP contribution < -0.4 is 88.6 Å². The number of hydrogen-bond acceptors (Lipinski definition) is 19. The summed E-state index contributed by atoms with van der Waals surface area (Å²) in [7, 11) is 0. The number of carbonyl (C=O) groups excluding carboxylic acids is 6. The molecule has 3 aromatic carbocycles. The molecule has 72 heavy (non-hydrogen) atoms. The first-order chi connectivity index (χ1) is 33.9. The van der Waals surface area contributed by atoms with Gasteiger partial charge in [-0.25, -0.2) is 30.7 Å². The average Bonchev–Trinajstić information content (AvgIpc) is 3.30. The predicted octanol–water partition coefficient (Wildman–Crippen LogP) is -6.64. The van der Waals surface area contributed by atoms with E-state index in [1.54, 1.807) is 12.1 Å². The molecule has 0 fully saturated rings. The van der Waals surface area contributed by atoms with Gasteiger partial charge in [-0.1, -0.05) is 54.6 Å². The molecular weight excluding hydrogens is 961 g/mol. The van der Waals surface area contributed by atoms with Gasteiger partial charge in [-0.3, -0.25) is 49.0 Å². The number of nitrogens with zero attached hydrogens (tertiary/aromatic N) is 7. The van der Waals surface area contributed by atoms with Crippen LogP contribution in [-0.4, -0.2) is 117 Å². The Bertz CT molecular complexity index is 2630. The lowest BCUT2D eigenvalue weighted by Crippen LogP contribution is -2.58. The standard InChI is InChI=1S/C37H48N22O13/c38-23(60)24(52-34(39)40)48-29(62)26(54-36(43)44)50-31(64)27(55-37(45)46)51-30(63)25(53-35(41)42)49-28(61)22(17-6-2-1-3-7-17)47-32(65)33(66)57(14-4-5-16-8-10-18(11-9-16)56-72-71)20-13-12-19(58(67)68)15-21(20)59(69)70/h1-13,15,22,24-27,33,56,66,71H,14H2,(H2,38,60)(H,47,65)(H,48,62)(H,49,61)(H,50,64)(H,51,63)(H4,39,40,52)(H4,41,42,53)(H4,43,44,54)(H4,45,46,55)/b5-4-. The molecule has 35 nitrogen and oxygen atoms in total. The number of hydrogen-bond donors (Lipinski definition) is 17. The Morgan fingerprint density at radius 3 is 1.54 bits per heavy atom. The number of nitrogens with two attached hydrogens (primary N) is 9. The zero-order chi connectivity index (χ0) is 53.8. The monoisotopic (exact) mass is 1010 g/mol. The highest BCUT2D eigenvalue weighted by Crippen LogP contribution is 2.33. The van der Waals surface area contributed by atoms with Crippen LogP contribution in [0.15, 0.2) is 98.8 Å². The molecule has 26 N–H and O–H groups in total. The topological polar surface area (TPSA) is 597 Å². The maximum absolute atomic E-state index is 14.2. The zero-order valence-electron chi connectivity index (χ0n) is 37.0. The lowest BCUT2D eigenvalue weighted by Gasteiger charge is -2.29. The van der Waals surface area contributed by atoms with E-state index < -0.39 is 130 Å². The molecule has 0 aromatic heterocycles. The molecule has 0 aliphatic heterocycles. The summed E-state index contributed by atoms with van der Waals surface area (Å²) in [6.45, 7) is -0.504. The van der Waals surface area contributed by atoms with Gasteiger partial charge in [0.25, 0.3) is 40.9 Å². The Morgan fingerprint density at radius 2 is 1.10 bits per heavy atom. The summed E-state index contributed by atoms with van der Waals surface area (Å²) in [5.74, 6) is -11.4. The summed E-state index contributed by atoms with van der Waals surface area (Å²) in [4.78, 5) is 121. The molecule has 384 valence electrons. The van der Waals surface area contributed by atoms with Crippen molar-refractivity contribution in [2.24, 2.45) is 71.6 Å². The second-order valence-corrected chi connectivity index (χ2v) is 14.0. The molecule has 0 aliphatic rings. The number of aliphatic imine (C=N–C) groups is 4. The lowest BCUT2D eigenvalue weighted by atomic mass is 10.1. The van der Waals surface area contributed by atoms with E-state index in [1.165, 1.54) is 54.6 Å². The van der Waals surface area contributed by atoms with E-state index in [0.29, 0.717) is 17.3 Å². The van der Waals surface area contributed by atoms with E-state index in [2.05, 4.69) is 41.1 Å². The number of aliphatic hydroxyl groups excluding tert-OH is 1. The molecule has 6 atom stereocenters. The van der Waals surface area contributed by atoms with E-state index in [0.717, 1.165) is 17.0 Å². The van der Waals surface area contributed by atoms with Crippen molar-refractivity contribution in [2.75, 3.05) is 16.9 Å². The second-order valence-electron chi connectivity index (χ2n) is 14.0. The largest absolute Gasteiger partial charge is 0.370 e. The van der Waals surface area contributed by atoms with Crippen LogP contribution in [0.25, 0.3) is 6.08 Å². The van der Waals surface area contributed by atoms with Gasteiger partial charge in [0.2, 0.25) is 36.8 Å². The molecule has 0 bridgehead atoms. The van der Waals surface area contributed by atoms with E-state index in [-0.39, 0.29) is 5.56 Å². The number of primary amides is 1. The van der Waals surface area contributed by atoms with Crippen molar-refractivity contribution in [2.45, 2.75) is 36.9 Å². The normalized spacial score (nSPS) is 13.1. The molecule has 3 aromatic rings. The average molecular weight is 1010 g/mol. The van der Waals surface area contributed by atoms with Crippen molar-refractivity contribution >= 4 is 88.1 Å². The van der Waals surface area contributed by atoms with Gasteiger partial charge in [-0.15, -0.1) is 4.99 Å². The third kappa shape index (κ3) is 17.0. The number of nitrogens with one attached hydrogen (secondary N) is 6. The lowest BCUT2D eigenvalue weighted by molar-refractivity contribution is -0.393. The number of nitro groups is 2. The van der Waals surface area contributed by atoms with Crippen LogP contribution in [0.5, 0.6) is 0 Å². The highest BCUT2D eigenvalue weighted by atomic mass is 17.2. The fourth-order valence-electron chi connectivity index (χ4n) is 5.76. The van der Waals surface area contributed by atoms with Crippen molar-refractivity contribution in [1.82, 2.24) is 26.6 Å². The SMILES string of the molecule is NC(=O)C(N=C(N)N)NC(=O)C(N=C(N)N)NC(=O)C(N=C(N)N)NC(=O)C(N=C(N)N)NC(=O)C(NC(=O)C(O)N(C/C=C\c1ccc(NOO)cc1)c1ccc([N+](=O)[O-])cc1[N+](=O)[O-])c1ccccc1. The number of amides is 6. The van der Waals surface area contributed by atoms with Crippen LogP contribution >= 0.6 is 0 Å². The molecule has 35 heteroatoms. The van der Waals surface area contributed by atoms with Gasteiger partial charge in [0.1, 0.15) is 11.7 Å². The summed E-state index contributed by atoms with van der Waals surface area (Å²) in [5, 5.41) is 54.4. The molecule has 3 rings (SSSR count). The third-order valence-electron chi connectivity index (χ3n) is 8.82. The molecule has 6 unspecified atom stereocenters. The Kier molecular flexibility index (Phi) is 20.4. The third-order valence-corrected chi connectivity index (χ3v) is 8.82. The van der Waals surface area contributed by atoms with Crippen molar-refractivity contribution < 1.29 is 54.0 Å². The summed E-state index contributed by atoms with van der Waals surface area (Å²) in [6.07, 6.45) is -8.09. The number of non-ortho nitro benzene ring substituents is 1. The zero-order valence-corrected chi connectivity index (χ0v) is 37.0. The van der Waals surface area contributed by atoms with Crippen molar-refractivity contribution in [1.29, 1.82) is 0 Å². The number of aliphatic hydroxyl groups is 1. The van der Waals surface area contributed by atoms with E-state index in [1.807, 2.05) is 16.0 Å². The first kappa shape index (κ1) is 55.9. The Hall–Kier alpha value is -10.4. The van der Waals surface area contributed by atoms with Gasteiger partial charge in [-0.05, 0) is 29.3 Å². The number of carbonyl (C=O) groups is 6. The number of nitro benzene ring substituents is 2. The Morgan fingerprint density at radius 1 is 0.625 bits per heavy atom. The van der Waals surface area contributed by atoms with Crippen molar-refractivity contribution in [3.05, 3.63) is 110 Å². The minimum atomic E-state index is -2.42. The number of rotatable bonds is 25. The maximum Gasteiger partial charge on any atom is 0.299 e. The molecule has 0 spiro atoms. The molecule has 6 amide bonds. The summed E-state index contributed by atoms with van der Waals surface area (Å²) in [6, 6.07) is 13.6. The van der Waals surface area contributed by atoms with Gasteiger partial charge in [-0.2, -0.15) is 0 Å². The van der Waals surface area contributed by atoms with Gasteiger partial charge in [0, 0.05) is 12.6 Å². The van der Waals surface area contributed by atoms with E-state index >= 15 is 0 Å². The van der Waals surface area contributed by atoms with Crippen molar-refractivity contribution in [3.63, 3.8) is 0 Å². The number of anilines is 2. The van der Waals surface area contributed by atoms with Crippen LogP contribution in [0.1, 0.15) is 17.2 Å². The molecule has 0 saturated heterocycles. The minimum Gasteiger partial charge on any atom is -0.370 e. The number of benzene rings is 3. The Labute approximate surface area is 403 Å². The second kappa shape index (κ2) is 26.2. The van der Waals surface area contributed by atoms with Crippen LogP contribution in [0.2, 0.25) is 0 Å². The summed E-state index contributed by atoms with van der Waals surface area (Å²) < 4.78 is 0. The van der Waals surface area contributed by atoms with Gasteiger partial charge < -0.3 is 88.2 Å². The van der Waals surface area contributed by atoms with Crippen LogP contribution in [0, 0.1) is 20.2 Å². The van der Waals surface area contributed by atoms with Crippen molar-refractivity contribution in [3.8, 4) is 0 Å². The highest BCUT2D eigenvalue weighted by Gasteiger charge is 2.36. The maximum atomic E-state index is 14.2. The molecule has 0 saturated carbocycles. The van der Waals surface area contributed by atoms with Crippen LogP contribution in [-0.2, 0) is 33.8 Å². The minimum absolute atomic E-state index is 0.0167. The van der Waals surface area contributed by atoms with E-state index in [4.69, 9.17) is 56.9 Å².